The van der Waals surface area contributed by atoms with Gasteiger partial charge in [-0.05, 0) is 41.8 Å². The van der Waals surface area contributed by atoms with Crippen LogP contribution in [-0.4, -0.2) is 23.6 Å². The molecule has 3 rings (SSSR count). The summed E-state index contributed by atoms with van der Waals surface area (Å²) in [4.78, 5) is 25.5. The standard InChI is InChI=1S/C23H22O3S/c1-3-17-8-10-19(11-9-17)23(25)16(2)26-22(24)15-27-21-13-12-18-6-4-5-7-20(18)14-21/h4-14,16H,3,15H2,1-2H3/t16-/m1/s1. The highest BCUT2D eigenvalue weighted by molar-refractivity contribution is 8.00. The van der Waals surface area contributed by atoms with E-state index in [0.717, 1.165) is 22.1 Å². The Balaban J connectivity index is 1.55. The molecule has 0 radical (unpaired) electrons. The summed E-state index contributed by atoms with van der Waals surface area (Å²) in [6.45, 7) is 3.68. The monoisotopic (exact) mass is 378 g/mol. The molecular weight excluding hydrogens is 356 g/mol. The SMILES string of the molecule is CCc1ccc(C(=O)[C@@H](C)OC(=O)CSc2ccc3ccccc3c2)cc1. The molecule has 138 valence electrons. The van der Waals surface area contributed by atoms with Gasteiger partial charge in [-0.1, -0.05) is 61.5 Å². The Labute approximate surface area is 163 Å². The lowest BCUT2D eigenvalue weighted by molar-refractivity contribution is -0.143. The maximum absolute atomic E-state index is 12.4. The molecule has 0 N–H and O–H groups in total. The van der Waals surface area contributed by atoms with Crippen molar-refractivity contribution in [1.82, 2.24) is 0 Å². The first-order valence-electron chi connectivity index (χ1n) is 9.01. The summed E-state index contributed by atoms with van der Waals surface area (Å²) in [5.41, 5.74) is 1.73. The fourth-order valence-corrected chi connectivity index (χ4v) is 3.55. The average Bonchev–Trinajstić information content (AvgIpc) is 2.71. The van der Waals surface area contributed by atoms with Crippen LogP contribution in [0.25, 0.3) is 10.8 Å². The van der Waals surface area contributed by atoms with Crippen LogP contribution in [0.1, 0.15) is 29.8 Å². The van der Waals surface area contributed by atoms with Crippen molar-refractivity contribution in [3.63, 3.8) is 0 Å². The molecule has 0 aliphatic heterocycles. The number of aryl methyl sites for hydroxylation is 1. The van der Waals surface area contributed by atoms with E-state index in [1.165, 1.54) is 17.3 Å². The van der Waals surface area contributed by atoms with Crippen LogP contribution in [0.2, 0.25) is 0 Å². The van der Waals surface area contributed by atoms with Crippen molar-refractivity contribution in [2.45, 2.75) is 31.3 Å². The quantitative estimate of drug-likeness (QED) is 0.317. The van der Waals surface area contributed by atoms with Gasteiger partial charge in [-0.25, -0.2) is 0 Å². The fraction of sp³-hybridized carbons (Fsp3) is 0.217. The van der Waals surface area contributed by atoms with Gasteiger partial charge in [0.15, 0.2) is 6.10 Å². The number of ether oxygens (including phenoxy) is 1. The van der Waals surface area contributed by atoms with E-state index in [9.17, 15) is 9.59 Å². The minimum Gasteiger partial charge on any atom is -0.454 e. The maximum atomic E-state index is 12.4. The lowest BCUT2D eigenvalue weighted by Crippen LogP contribution is -2.25. The topological polar surface area (TPSA) is 43.4 Å². The van der Waals surface area contributed by atoms with Crippen molar-refractivity contribution in [2.75, 3.05) is 5.75 Å². The number of hydrogen-bond donors (Lipinski definition) is 0. The Morgan fingerprint density at radius 2 is 1.67 bits per heavy atom. The van der Waals surface area contributed by atoms with Gasteiger partial charge in [0.1, 0.15) is 0 Å². The number of carbonyl (C=O) groups is 2. The van der Waals surface area contributed by atoms with Crippen LogP contribution in [0, 0.1) is 0 Å². The molecule has 1 atom stereocenters. The van der Waals surface area contributed by atoms with E-state index in [1.807, 2.05) is 42.5 Å². The highest BCUT2D eigenvalue weighted by atomic mass is 32.2. The first-order chi connectivity index (χ1) is 13.1. The molecule has 0 unspecified atom stereocenters. The third-order valence-corrected chi connectivity index (χ3v) is 5.37. The summed E-state index contributed by atoms with van der Waals surface area (Å²) < 4.78 is 5.32. The van der Waals surface area contributed by atoms with Crippen molar-refractivity contribution in [2.24, 2.45) is 0 Å². The molecule has 0 aliphatic carbocycles. The highest BCUT2D eigenvalue weighted by Gasteiger charge is 2.19. The van der Waals surface area contributed by atoms with Crippen molar-refractivity contribution in [3.05, 3.63) is 77.9 Å². The van der Waals surface area contributed by atoms with Gasteiger partial charge in [0.2, 0.25) is 5.78 Å². The van der Waals surface area contributed by atoms with Crippen LogP contribution in [0.15, 0.2) is 71.6 Å². The summed E-state index contributed by atoms with van der Waals surface area (Å²) in [5.74, 6) is -0.397. The number of rotatable bonds is 7. The fourth-order valence-electron chi connectivity index (χ4n) is 2.82. The van der Waals surface area contributed by atoms with Gasteiger partial charge < -0.3 is 4.74 Å². The first kappa shape index (κ1) is 19.2. The van der Waals surface area contributed by atoms with Gasteiger partial charge in [-0.2, -0.15) is 0 Å². The van der Waals surface area contributed by atoms with E-state index < -0.39 is 6.10 Å². The molecule has 3 aromatic carbocycles. The minimum atomic E-state index is -0.790. The lowest BCUT2D eigenvalue weighted by atomic mass is 10.0. The molecule has 0 saturated heterocycles. The third kappa shape index (κ3) is 4.98. The summed E-state index contributed by atoms with van der Waals surface area (Å²) >= 11 is 1.41. The van der Waals surface area contributed by atoms with Crippen LogP contribution in [-0.2, 0) is 16.0 Å². The number of thioether (sulfide) groups is 1. The van der Waals surface area contributed by atoms with Crippen molar-refractivity contribution in [1.29, 1.82) is 0 Å². The second-order valence-electron chi connectivity index (χ2n) is 6.34. The van der Waals surface area contributed by atoms with Gasteiger partial charge in [0.05, 0.1) is 5.75 Å². The van der Waals surface area contributed by atoms with Crippen LogP contribution in [0.4, 0.5) is 0 Å². The normalized spacial score (nSPS) is 11.9. The van der Waals surface area contributed by atoms with Crippen molar-refractivity contribution >= 4 is 34.3 Å². The van der Waals surface area contributed by atoms with Crippen molar-refractivity contribution < 1.29 is 14.3 Å². The van der Waals surface area contributed by atoms with Crippen LogP contribution in [0.5, 0.6) is 0 Å². The maximum Gasteiger partial charge on any atom is 0.316 e. The average molecular weight is 378 g/mol. The van der Waals surface area contributed by atoms with Crippen molar-refractivity contribution in [3.8, 4) is 0 Å². The molecule has 0 aliphatic rings. The van der Waals surface area contributed by atoms with Crippen LogP contribution >= 0.6 is 11.8 Å². The molecule has 0 fully saturated rings. The van der Waals surface area contributed by atoms with E-state index in [2.05, 4.69) is 19.1 Å². The smallest absolute Gasteiger partial charge is 0.316 e. The van der Waals surface area contributed by atoms with Crippen LogP contribution in [0.3, 0.4) is 0 Å². The van der Waals surface area contributed by atoms with E-state index in [1.54, 1.807) is 19.1 Å². The van der Waals surface area contributed by atoms with E-state index in [0.29, 0.717) is 5.56 Å². The molecule has 0 bridgehead atoms. The zero-order valence-corrected chi connectivity index (χ0v) is 16.3. The first-order valence-corrected chi connectivity index (χ1v) is 9.99. The largest absolute Gasteiger partial charge is 0.454 e. The Kier molecular flexibility index (Phi) is 6.30. The molecule has 0 saturated carbocycles. The molecule has 3 nitrogen and oxygen atoms in total. The Bertz CT molecular complexity index is 947. The molecule has 0 aromatic heterocycles. The molecule has 3 aromatic rings. The number of esters is 1. The molecule has 4 heteroatoms. The number of carbonyl (C=O) groups excluding carboxylic acids is 2. The third-order valence-electron chi connectivity index (χ3n) is 4.40. The van der Waals surface area contributed by atoms with Gasteiger partial charge in [-0.3, -0.25) is 9.59 Å². The lowest BCUT2D eigenvalue weighted by Gasteiger charge is -2.12. The number of benzene rings is 3. The summed E-state index contributed by atoms with van der Waals surface area (Å²) in [5, 5.41) is 2.30. The molecule has 0 spiro atoms. The Hall–Kier alpha value is -2.59. The molecule has 0 amide bonds. The van der Waals surface area contributed by atoms with Crippen LogP contribution < -0.4 is 0 Å². The second-order valence-corrected chi connectivity index (χ2v) is 7.39. The van der Waals surface area contributed by atoms with Gasteiger partial charge in [0.25, 0.3) is 0 Å². The number of fused-ring (bicyclic) bond motifs is 1. The highest BCUT2D eigenvalue weighted by Crippen LogP contribution is 2.24. The van der Waals surface area contributed by atoms with Gasteiger partial charge >= 0.3 is 5.97 Å². The Morgan fingerprint density at radius 3 is 2.37 bits per heavy atom. The van der Waals surface area contributed by atoms with E-state index >= 15 is 0 Å². The number of Topliss-reactive ketones (excluding diaryl/α,β-unsaturated/α-hetero) is 1. The predicted octanol–water partition coefficient (Wildman–Crippen LogP) is 5.31. The zero-order valence-electron chi connectivity index (χ0n) is 15.5. The number of ketones is 1. The van der Waals surface area contributed by atoms with E-state index in [4.69, 9.17) is 4.74 Å². The summed E-state index contributed by atoms with van der Waals surface area (Å²) in [6.07, 6.45) is 0.132. The molecular formula is C23H22O3S. The zero-order chi connectivity index (χ0) is 19.2. The number of hydrogen-bond acceptors (Lipinski definition) is 4. The van der Waals surface area contributed by atoms with Gasteiger partial charge in [0, 0.05) is 10.5 Å². The summed E-state index contributed by atoms with van der Waals surface area (Å²) in [6, 6.07) is 21.6. The second kappa shape index (κ2) is 8.87. The Morgan fingerprint density at radius 1 is 0.963 bits per heavy atom. The molecule has 27 heavy (non-hydrogen) atoms. The van der Waals surface area contributed by atoms with Gasteiger partial charge in [-0.15, -0.1) is 11.8 Å². The minimum absolute atomic E-state index is 0.171. The summed E-state index contributed by atoms with van der Waals surface area (Å²) in [7, 11) is 0. The molecule has 0 heterocycles. The van der Waals surface area contributed by atoms with E-state index in [-0.39, 0.29) is 17.5 Å². The predicted molar refractivity (Wildman–Crippen MR) is 110 cm³/mol.